The molecule has 0 aliphatic heterocycles. The van der Waals surface area contributed by atoms with Crippen LogP contribution in [0.15, 0.2) is 30.3 Å². The van der Waals surface area contributed by atoms with Crippen molar-refractivity contribution in [2.24, 2.45) is 0 Å². The minimum Gasteiger partial charge on any atom is -0.368 e. The molecule has 17 heavy (non-hydrogen) atoms. The maximum absolute atomic E-state index is 10.3. The van der Waals surface area contributed by atoms with Gasteiger partial charge in [0.1, 0.15) is 12.9 Å². The van der Waals surface area contributed by atoms with Crippen molar-refractivity contribution in [3.63, 3.8) is 0 Å². The highest BCUT2D eigenvalue weighted by atomic mass is 32.1. The Morgan fingerprint density at radius 1 is 1.35 bits per heavy atom. The van der Waals surface area contributed by atoms with Gasteiger partial charge in [-0.25, -0.2) is 0 Å². The van der Waals surface area contributed by atoms with Crippen molar-refractivity contribution in [3.05, 3.63) is 35.2 Å². The van der Waals surface area contributed by atoms with Gasteiger partial charge < -0.3 is 9.53 Å². The van der Waals surface area contributed by atoms with E-state index in [0.29, 0.717) is 0 Å². The van der Waals surface area contributed by atoms with E-state index in [9.17, 15) is 4.79 Å². The monoisotopic (exact) mass is 248 g/mol. The van der Waals surface area contributed by atoms with Crippen LogP contribution < -0.4 is 0 Å². The fourth-order valence-electron chi connectivity index (χ4n) is 1.85. The van der Waals surface area contributed by atoms with Crippen molar-refractivity contribution in [2.75, 3.05) is 6.61 Å². The van der Waals surface area contributed by atoms with Crippen LogP contribution in [0.25, 0.3) is 10.1 Å². The molecule has 0 fully saturated rings. The zero-order valence-corrected chi connectivity index (χ0v) is 10.9. The van der Waals surface area contributed by atoms with Gasteiger partial charge in [-0.2, -0.15) is 0 Å². The Hall–Kier alpha value is -1.19. The Balaban J connectivity index is 2.14. The van der Waals surface area contributed by atoms with Crippen LogP contribution in [-0.4, -0.2) is 18.5 Å². The highest BCUT2D eigenvalue weighted by molar-refractivity contribution is 7.19. The highest BCUT2D eigenvalue weighted by Crippen LogP contribution is 2.29. The first-order chi connectivity index (χ1) is 8.11. The van der Waals surface area contributed by atoms with Crippen molar-refractivity contribution in [2.45, 2.75) is 25.9 Å². The average molecular weight is 248 g/mol. The summed E-state index contributed by atoms with van der Waals surface area (Å²) in [7, 11) is 0. The molecule has 0 spiro atoms. The van der Waals surface area contributed by atoms with E-state index in [1.807, 2.05) is 19.9 Å². The summed E-state index contributed by atoms with van der Waals surface area (Å²) in [6.45, 7) is 4.19. The van der Waals surface area contributed by atoms with E-state index in [-0.39, 0.29) is 12.2 Å². The number of ether oxygens (including phenoxy) is 1. The minimum atomic E-state index is -0.290. The zero-order chi connectivity index (χ0) is 12.3. The molecule has 90 valence electrons. The van der Waals surface area contributed by atoms with E-state index in [0.717, 1.165) is 12.7 Å². The molecule has 2 aromatic rings. The molecule has 0 amide bonds. The standard InChI is InChI=1S/C14H16O2S/c1-14(2,16-8-7-15)10-12-9-11-5-3-4-6-13(11)17-12/h3-7,9H,8,10H2,1-2H3. The van der Waals surface area contributed by atoms with E-state index in [1.165, 1.54) is 15.0 Å². The molecule has 0 radical (unpaired) electrons. The molecule has 0 saturated heterocycles. The first-order valence-electron chi connectivity index (χ1n) is 5.66. The van der Waals surface area contributed by atoms with Crippen LogP contribution in [0.5, 0.6) is 0 Å². The number of thiophene rings is 1. The third-order valence-electron chi connectivity index (χ3n) is 2.62. The quantitative estimate of drug-likeness (QED) is 0.758. The number of hydrogen-bond acceptors (Lipinski definition) is 3. The lowest BCUT2D eigenvalue weighted by molar-refractivity contribution is -0.117. The lowest BCUT2D eigenvalue weighted by Crippen LogP contribution is -2.27. The molecule has 2 rings (SSSR count). The second-order valence-electron chi connectivity index (χ2n) is 4.66. The number of carbonyl (C=O) groups is 1. The Kier molecular flexibility index (Phi) is 3.60. The lowest BCUT2D eigenvalue weighted by atomic mass is 10.0. The number of rotatable bonds is 5. The van der Waals surface area contributed by atoms with Crippen molar-refractivity contribution in [3.8, 4) is 0 Å². The summed E-state index contributed by atoms with van der Waals surface area (Å²) >= 11 is 1.79. The molecule has 0 N–H and O–H groups in total. The smallest absolute Gasteiger partial charge is 0.145 e. The van der Waals surface area contributed by atoms with Crippen molar-refractivity contribution >= 4 is 27.7 Å². The van der Waals surface area contributed by atoms with Gasteiger partial charge in [0.25, 0.3) is 0 Å². The Morgan fingerprint density at radius 2 is 2.12 bits per heavy atom. The summed E-state index contributed by atoms with van der Waals surface area (Å²) in [6, 6.07) is 10.5. The summed E-state index contributed by atoms with van der Waals surface area (Å²) < 4.78 is 6.82. The molecule has 0 saturated carbocycles. The molecule has 3 heteroatoms. The second kappa shape index (κ2) is 4.98. The summed E-state index contributed by atoms with van der Waals surface area (Å²) in [5.41, 5.74) is -0.290. The molecule has 1 aromatic heterocycles. The molecular weight excluding hydrogens is 232 g/mol. The SMILES string of the molecule is CC(C)(Cc1cc2ccccc2s1)OCC=O. The van der Waals surface area contributed by atoms with E-state index in [2.05, 4.69) is 24.3 Å². The second-order valence-corrected chi connectivity index (χ2v) is 5.83. The topological polar surface area (TPSA) is 26.3 Å². The Morgan fingerprint density at radius 3 is 2.82 bits per heavy atom. The lowest BCUT2D eigenvalue weighted by Gasteiger charge is -2.23. The number of carbonyl (C=O) groups excluding carboxylic acids is 1. The van der Waals surface area contributed by atoms with E-state index < -0.39 is 0 Å². The van der Waals surface area contributed by atoms with Gasteiger partial charge in [-0.05, 0) is 31.4 Å². The maximum atomic E-state index is 10.3. The van der Waals surface area contributed by atoms with Crippen LogP contribution in [0.1, 0.15) is 18.7 Å². The van der Waals surface area contributed by atoms with Gasteiger partial charge in [0, 0.05) is 16.0 Å². The number of fused-ring (bicyclic) bond motifs is 1. The van der Waals surface area contributed by atoms with Crippen LogP contribution in [0.2, 0.25) is 0 Å². The van der Waals surface area contributed by atoms with Gasteiger partial charge in [0.2, 0.25) is 0 Å². The predicted octanol–water partition coefficient (Wildman–Crippen LogP) is 3.44. The molecule has 0 aliphatic rings. The summed E-state index contributed by atoms with van der Waals surface area (Å²) in [5.74, 6) is 0. The fraction of sp³-hybridized carbons (Fsp3) is 0.357. The van der Waals surface area contributed by atoms with E-state index in [1.54, 1.807) is 11.3 Å². The largest absolute Gasteiger partial charge is 0.368 e. The molecule has 0 bridgehead atoms. The molecule has 0 aliphatic carbocycles. The molecule has 1 aromatic carbocycles. The van der Waals surface area contributed by atoms with Crippen LogP contribution >= 0.6 is 11.3 Å². The molecule has 2 nitrogen and oxygen atoms in total. The minimum absolute atomic E-state index is 0.165. The van der Waals surface area contributed by atoms with Gasteiger partial charge in [0.15, 0.2) is 0 Å². The number of aldehydes is 1. The Labute approximate surface area is 105 Å². The molecule has 0 unspecified atom stereocenters. The molecule has 1 heterocycles. The van der Waals surface area contributed by atoms with Crippen LogP contribution in [0, 0.1) is 0 Å². The van der Waals surface area contributed by atoms with Gasteiger partial charge in [-0.15, -0.1) is 11.3 Å². The third-order valence-corrected chi connectivity index (χ3v) is 3.73. The molecular formula is C14H16O2S. The van der Waals surface area contributed by atoms with Crippen molar-refractivity contribution < 1.29 is 9.53 Å². The summed E-state index contributed by atoms with van der Waals surface area (Å²) in [5, 5.41) is 1.28. The molecule has 0 atom stereocenters. The number of benzene rings is 1. The van der Waals surface area contributed by atoms with Crippen molar-refractivity contribution in [1.29, 1.82) is 0 Å². The first kappa shape index (κ1) is 12.3. The zero-order valence-electron chi connectivity index (χ0n) is 10.1. The summed E-state index contributed by atoms with van der Waals surface area (Å²) in [4.78, 5) is 11.6. The van der Waals surface area contributed by atoms with E-state index in [4.69, 9.17) is 4.74 Å². The van der Waals surface area contributed by atoms with Crippen LogP contribution in [0.4, 0.5) is 0 Å². The Bertz CT molecular complexity index is 481. The fourth-order valence-corrected chi connectivity index (χ4v) is 3.13. The predicted molar refractivity (Wildman–Crippen MR) is 71.6 cm³/mol. The first-order valence-corrected chi connectivity index (χ1v) is 6.47. The summed E-state index contributed by atoms with van der Waals surface area (Å²) in [6.07, 6.45) is 1.63. The number of hydrogen-bond donors (Lipinski definition) is 0. The third kappa shape index (κ3) is 3.14. The van der Waals surface area contributed by atoms with Gasteiger partial charge in [-0.1, -0.05) is 18.2 Å². The van der Waals surface area contributed by atoms with Crippen molar-refractivity contribution in [1.82, 2.24) is 0 Å². The maximum Gasteiger partial charge on any atom is 0.145 e. The van der Waals surface area contributed by atoms with Gasteiger partial charge >= 0.3 is 0 Å². The van der Waals surface area contributed by atoms with Crippen LogP contribution in [-0.2, 0) is 16.0 Å². The van der Waals surface area contributed by atoms with Crippen LogP contribution in [0.3, 0.4) is 0 Å². The average Bonchev–Trinajstić information content (AvgIpc) is 2.67. The van der Waals surface area contributed by atoms with Gasteiger partial charge in [-0.3, -0.25) is 0 Å². The highest BCUT2D eigenvalue weighted by Gasteiger charge is 2.20. The normalized spacial score (nSPS) is 11.9. The van der Waals surface area contributed by atoms with Gasteiger partial charge in [0.05, 0.1) is 5.60 Å². The van der Waals surface area contributed by atoms with E-state index >= 15 is 0 Å².